The van der Waals surface area contributed by atoms with Crippen molar-refractivity contribution in [2.24, 2.45) is 0 Å². The molecule has 1 unspecified atom stereocenters. The van der Waals surface area contributed by atoms with Gasteiger partial charge in [-0.2, -0.15) is 0 Å². The molecule has 66 valence electrons. The first-order valence-electron chi connectivity index (χ1n) is 4.11. The summed E-state index contributed by atoms with van der Waals surface area (Å²) in [6, 6.07) is 0.457. The average molecular weight is 159 g/mol. The number of rotatable bonds is 1. The Morgan fingerprint density at radius 3 is 2.45 bits per heavy atom. The van der Waals surface area contributed by atoms with E-state index in [4.69, 9.17) is 9.84 Å². The summed E-state index contributed by atoms with van der Waals surface area (Å²) >= 11 is 0. The Morgan fingerprint density at radius 2 is 2.00 bits per heavy atom. The molecule has 0 bridgehead atoms. The van der Waals surface area contributed by atoms with Crippen molar-refractivity contribution < 1.29 is 9.84 Å². The zero-order chi connectivity index (χ0) is 8.43. The minimum absolute atomic E-state index is 0.147. The van der Waals surface area contributed by atoms with Gasteiger partial charge in [-0.3, -0.25) is 0 Å². The minimum atomic E-state index is -0.541. The van der Waals surface area contributed by atoms with Crippen LogP contribution in [0.15, 0.2) is 0 Å². The predicted molar refractivity (Wildman–Crippen MR) is 43.3 cm³/mol. The number of ether oxygens (including phenoxy) is 1. The lowest BCUT2D eigenvalue weighted by atomic mass is 10.0. The summed E-state index contributed by atoms with van der Waals surface area (Å²) in [5, 5.41) is 9.14. The third kappa shape index (κ3) is 2.15. The lowest BCUT2D eigenvalue weighted by Crippen LogP contribution is -2.44. The molecule has 1 heterocycles. The summed E-state index contributed by atoms with van der Waals surface area (Å²) < 4.78 is 5.27. The number of likely N-dealkylation sites (N-methyl/N-ethyl adjacent to an activating group) is 1. The topological polar surface area (TPSA) is 32.7 Å². The van der Waals surface area contributed by atoms with Crippen LogP contribution in [0.4, 0.5) is 0 Å². The van der Waals surface area contributed by atoms with Gasteiger partial charge in [0.15, 0.2) is 6.29 Å². The summed E-state index contributed by atoms with van der Waals surface area (Å²) in [5.41, 5.74) is 0. The molecule has 3 heteroatoms. The zero-order valence-corrected chi connectivity index (χ0v) is 7.45. The zero-order valence-electron chi connectivity index (χ0n) is 7.45. The van der Waals surface area contributed by atoms with Gasteiger partial charge in [0.1, 0.15) is 0 Å². The van der Waals surface area contributed by atoms with Crippen LogP contribution in [-0.2, 0) is 4.74 Å². The van der Waals surface area contributed by atoms with Gasteiger partial charge in [-0.25, -0.2) is 0 Å². The largest absolute Gasteiger partial charge is 0.368 e. The third-order valence-electron chi connectivity index (χ3n) is 2.29. The maximum atomic E-state index is 9.14. The van der Waals surface area contributed by atoms with Crippen molar-refractivity contribution in [3.05, 3.63) is 0 Å². The molecule has 0 saturated carbocycles. The van der Waals surface area contributed by atoms with Crippen molar-refractivity contribution in [1.29, 1.82) is 0 Å². The van der Waals surface area contributed by atoms with E-state index in [9.17, 15) is 0 Å². The van der Waals surface area contributed by atoms with Gasteiger partial charge in [0.25, 0.3) is 0 Å². The highest BCUT2D eigenvalue weighted by molar-refractivity contribution is 4.77. The van der Waals surface area contributed by atoms with E-state index < -0.39 is 6.29 Å². The lowest BCUT2D eigenvalue weighted by molar-refractivity contribution is -0.177. The standard InChI is InChI=1S/C8H17NO2/c1-6-7(9(2)3)4-5-8(10)11-6/h6-8,10H,4-5H2,1-3H3/t6-,7+,8?/m0/s1. The van der Waals surface area contributed by atoms with Crippen LogP contribution in [0.5, 0.6) is 0 Å². The fourth-order valence-corrected chi connectivity index (χ4v) is 1.63. The van der Waals surface area contributed by atoms with Crippen molar-refractivity contribution in [3.8, 4) is 0 Å². The first-order chi connectivity index (χ1) is 5.11. The normalized spacial score (nSPS) is 39.5. The number of hydrogen-bond donors (Lipinski definition) is 1. The summed E-state index contributed by atoms with van der Waals surface area (Å²) in [5.74, 6) is 0. The number of aliphatic hydroxyl groups excluding tert-OH is 1. The Bertz CT molecular complexity index is 127. The van der Waals surface area contributed by atoms with Gasteiger partial charge in [0, 0.05) is 6.04 Å². The highest BCUT2D eigenvalue weighted by Crippen LogP contribution is 2.20. The van der Waals surface area contributed by atoms with Crippen LogP contribution < -0.4 is 0 Å². The third-order valence-corrected chi connectivity index (χ3v) is 2.29. The van der Waals surface area contributed by atoms with E-state index in [1.165, 1.54) is 0 Å². The van der Waals surface area contributed by atoms with Crippen molar-refractivity contribution in [2.45, 2.75) is 38.2 Å². The average Bonchev–Trinajstić information content (AvgIpc) is 1.85. The van der Waals surface area contributed by atoms with E-state index in [2.05, 4.69) is 4.90 Å². The van der Waals surface area contributed by atoms with Crippen LogP contribution in [0.1, 0.15) is 19.8 Å². The Balaban J connectivity index is 2.44. The van der Waals surface area contributed by atoms with Gasteiger partial charge in [0.05, 0.1) is 6.10 Å². The molecule has 1 N–H and O–H groups in total. The predicted octanol–water partition coefficient (Wildman–Crippen LogP) is 0.434. The van der Waals surface area contributed by atoms with E-state index in [0.29, 0.717) is 6.04 Å². The molecule has 3 nitrogen and oxygen atoms in total. The van der Waals surface area contributed by atoms with Gasteiger partial charge >= 0.3 is 0 Å². The molecule has 1 saturated heterocycles. The summed E-state index contributed by atoms with van der Waals surface area (Å²) in [6.07, 6.45) is 1.39. The van der Waals surface area contributed by atoms with Crippen LogP contribution in [0.3, 0.4) is 0 Å². The van der Waals surface area contributed by atoms with Crippen LogP contribution in [0.25, 0.3) is 0 Å². The number of hydrogen-bond acceptors (Lipinski definition) is 3. The Hall–Kier alpha value is -0.120. The van der Waals surface area contributed by atoms with E-state index in [1.54, 1.807) is 0 Å². The van der Waals surface area contributed by atoms with Gasteiger partial charge in [0.2, 0.25) is 0 Å². The van der Waals surface area contributed by atoms with Crippen LogP contribution in [0.2, 0.25) is 0 Å². The van der Waals surface area contributed by atoms with Crippen molar-refractivity contribution in [3.63, 3.8) is 0 Å². The van der Waals surface area contributed by atoms with Crippen molar-refractivity contribution >= 4 is 0 Å². The van der Waals surface area contributed by atoms with Crippen molar-refractivity contribution in [1.82, 2.24) is 4.90 Å². The van der Waals surface area contributed by atoms with Crippen LogP contribution >= 0.6 is 0 Å². The fourth-order valence-electron chi connectivity index (χ4n) is 1.63. The first-order valence-corrected chi connectivity index (χ1v) is 4.11. The molecule has 1 aliphatic heterocycles. The molecule has 1 rings (SSSR count). The quantitative estimate of drug-likeness (QED) is 0.602. The second-order valence-corrected chi connectivity index (χ2v) is 3.40. The monoisotopic (exact) mass is 159 g/mol. The summed E-state index contributed by atoms with van der Waals surface area (Å²) in [7, 11) is 4.09. The molecule has 0 aromatic carbocycles. The molecule has 3 atom stereocenters. The second-order valence-electron chi connectivity index (χ2n) is 3.40. The first kappa shape index (κ1) is 8.97. The summed E-state index contributed by atoms with van der Waals surface area (Å²) in [6.45, 7) is 2.01. The highest BCUT2D eigenvalue weighted by Gasteiger charge is 2.27. The summed E-state index contributed by atoms with van der Waals surface area (Å²) in [4.78, 5) is 2.15. The van der Waals surface area contributed by atoms with Crippen LogP contribution in [0, 0.1) is 0 Å². The van der Waals surface area contributed by atoms with Crippen molar-refractivity contribution in [2.75, 3.05) is 14.1 Å². The lowest BCUT2D eigenvalue weighted by Gasteiger charge is -2.36. The molecule has 1 fully saturated rings. The molecule has 0 aromatic rings. The van der Waals surface area contributed by atoms with Gasteiger partial charge < -0.3 is 14.7 Å². The molecule has 0 aliphatic carbocycles. The Morgan fingerprint density at radius 1 is 1.36 bits per heavy atom. The van der Waals surface area contributed by atoms with Gasteiger partial charge in [-0.05, 0) is 33.9 Å². The molecule has 0 radical (unpaired) electrons. The fraction of sp³-hybridized carbons (Fsp3) is 1.00. The molecular formula is C8H17NO2. The van der Waals surface area contributed by atoms with Crippen LogP contribution in [-0.4, -0.2) is 42.5 Å². The maximum Gasteiger partial charge on any atom is 0.155 e. The number of nitrogens with zero attached hydrogens (tertiary/aromatic N) is 1. The van der Waals surface area contributed by atoms with Gasteiger partial charge in [-0.15, -0.1) is 0 Å². The highest BCUT2D eigenvalue weighted by atomic mass is 16.6. The molecule has 0 spiro atoms. The van der Waals surface area contributed by atoms with Gasteiger partial charge in [-0.1, -0.05) is 0 Å². The van der Waals surface area contributed by atoms with E-state index in [-0.39, 0.29) is 6.10 Å². The molecule has 0 aromatic heterocycles. The smallest absolute Gasteiger partial charge is 0.155 e. The molecule has 11 heavy (non-hydrogen) atoms. The van der Waals surface area contributed by atoms with E-state index >= 15 is 0 Å². The molecule has 0 amide bonds. The molecular weight excluding hydrogens is 142 g/mol. The molecule has 1 aliphatic rings. The Kier molecular flexibility index (Phi) is 2.87. The minimum Gasteiger partial charge on any atom is -0.368 e. The van der Waals surface area contributed by atoms with E-state index in [0.717, 1.165) is 12.8 Å². The second kappa shape index (κ2) is 3.52. The maximum absolute atomic E-state index is 9.14. The SMILES string of the molecule is C[C@@H]1OC(O)CC[C@H]1N(C)C. The number of aliphatic hydroxyl groups is 1. The Labute approximate surface area is 68.0 Å². The van der Waals surface area contributed by atoms with E-state index in [1.807, 2.05) is 21.0 Å².